The molecule has 2 atom stereocenters. The second-order valence-electron chi connectivity index (χ2n) is 4.59. The van der Waals surface area contributed by atoms with Gasteiger partial charge in [-0.1, -0.05) is 41.9 Å². The summed E-state index contributed by atoms with van der Waals surface area (Å²) in [4.78, 5) is 16.2. The molecule has 2 nitrogen and oxygen atoms in total. The Morgan fingerprint density at radius 3 is 2.61 bits per heavy atom. The zero-order valence-corrected chi connectivity index (χ0v) is 10.5. The first kappa shape index (κ1) is 11.4. The molecule has 90 valence electrons. The smallest absolute Gasteiger partial charge is 0.168 e. The molecule has 1 aliphatic rings. The molecule has 1 saturated carbocycles. The van der Waals surface area contributed by atoms with Crippen molar-refractivity contribution in [2.75, 3.05) is 0 Å². The maximum absolute atomic E-state index is 12.2. The van der Waals surface area contributed by atoms with Crippen molar-refractivity contribution in [2.24, 2.45) is 5.92 Å². The quantitative estimate of drug-likeness (QED) is 0.620. The summed E-state index contributed by atoms with van der Waals surface area (Å²) in [7, 11) is 0. The van der Waals surface area contributed by atoms with Crippen molar-refractivity contribution in [1.82, 2.24) is 4.98 Å². The fourth-order valence-electron chi connectivity index (χ4n) is 2.29. The van der Waals surface area contributed by atoms with Crippen LogP contribution in [-0.4, -0.2) is 10.8 Å². The van der Waals surface area contributed by atoms with Crippen molar-refractivity contribution in [3.05, 3.63) is 64.9 Å². The molecule has 3 heteroatoms. The molecule has 3 rings (SSSR count). The molecule has 1 fully saturated rings. The number of carbonyl (C=O) groups excluding carboxylic acids is 1. The van der Waals surface area contributed by atoms with Gasteiger partial charge >= 0.3 is 0 Å². The molecule has 1 aromatic carbocycles. The second-order valence-corrected chi connectivity index (χ2v) is 4.98. The molecule has 0 radical (unpaired) electrons. The van der Waals surface area contributed by atoms with Crippen molar-refractivity contribution in [2.45, 2.75) is 12.3 Å². The van der Waals surface area contributed by atoms with Crippen LogP contribution in [-0.2, 0) is 0 Å². The van der Waals surface area contributed by atoms with Gasteiger partial charge in [-0.2, -0.15) is 0 Å². The van der Waals surface area contributed by atoms with Crippen LogP contribution in [0.1, 0.15) is 28.3 Å². The molecule has 18 heavy (non-hydrogen) atoms. The van der Waals surface area contributed by atoms with Gasteiger partial charge in [-0.05, 0) is 30.0 Å². The van der Waals surface area contributed by atoms with E-state index >= 15 is 0 Å². The number of ketones is 1. The predicted molar refractivity (Wildman–Crippen MR) is 70.9 cm³/mol. The number of benzene rings is 1. The van der Waals surface area contributed by atoms with Crippen LogP contribution in [0, 0.1) is 5.92 Å². The van der Waals surface area contributed by atoms with E-state index in [1.807, 2.05) is 18.2 Å². The highest BCUT2D eigenvalue weighted by Gasteiger charge is 2.43. The lowest BCUT2D eigenvalue weighted by Gasteiger charge is -2.01. The molecular weight excluding hydrogens is 246 g/mol. The Balaban J connectivity index is 1.75. The van der Waals surface area contributed by atoms with Gasteiger partial charge in [0.2, 0.25) is 0 Å². The zero-order chi connectivity index (χ0) is 12.5. The highest BCUT2D eigenvalue weighted by Crippen LogP contribution is 2.48. The molecule has 1 aromatic heterocycles. The van der Waals surface area contributed by atoms with Gasteiger partial charge in [-0.3, -0.25) is 4.79 Å². The van der Waals surface area contributed by atoms with Crippen molar-refractivity contribution in [3.63, 3.8) is 0 Å². The molecular formula is C15H12ClNO. The summed E-state index contributed by atoms with van der Waals surface area (Å²) < 4.78 is 0. The van der Waals surface area contributed by atoms with Crippen molar-refractivity contribution < 1.29 is 4.79 Å². The molecule has 0 saturated heterocycles. The third kappa shape index (κ3) is 2.16. The van der Waals surface area contributed by atoms with E-state index in [1.54, 1.807) is 18.3 Å². The maximum atomic E-state index is 12.2. The normalized spacial score (nSPS) is 21.6. The molecule has 0 spiro atoms. The van der Waals surface area contributed by atoms with Crippen molar-refractivity contribution in [3.8, 4) is 0 Å². The van der Waals surface area contributed by atoms with Gasteiger partial charge in [0.25, 0.3) is 0 Å². The predicted octanol–water partition coefficient (Wildman–Crippen LogP) is 3.72. The van der Waals surface area contributed by atoms with Gasteiger partial charge in [-0.25, -0.2) is 4.98 Å². The number of nitrogens with zero attached hydrogens (tertiary/aromatic N) is 1. The lowest BCUT2D eigenvalue weighted by atomic mass is 10.0. The number of rotatable bonds is 3. The molecule has 2 unspecified atom stereocenters. The summed E-state index contributed by atoms with van der Waals surface area (Å²) in [6, 6.07) is 13.6. The SMILES string of the molecule is O=C(c1ccc(Cl)nc1)C1CC1c1ccccc1. The summed E-state index contributed by atoms with van der Waals surface area (Å²) in [5, 5.41) is 0.418. The van der Waals surface area contributed by atoms with E-state index in [1.165, 1.54) is 5.56 Å². The summed E-state index contributed by atoms with van der Waals surface area (Å²) in [5.41, 5.74) is 1.90. The van der Waals surface area contributed by atoms with Gasteiger partial charge in [0.05, 0.1) is 0 Å². The first-order chi connectivity index (χ1) is 8.75. The number of halogens is 1. The van der Waals surface area contributed by atoms with E-state index < -0.39 is 0 Å². The lowest BCUT2D eigenvalue weighted by molar-refractivity contribution is 0.0965. The molecule has 0 N–H and O–H groups in total. The topological polar surface area (TPSA) is 30.0 Å². The highest BCUT2D eigenvalue weighted by molar-refractivity contribution is 6.29. The van der Waals surface area contributed by atoms with Gasteiger partial charge in [0, 0.05) is 17.7 Å². The van der Waals surface area contributed by atoms with E-state index in [4.69, 9.17) is 11.6 Å². The zero-order valence-electron chi connectivity index (χ0n) is 9.71. The van der Waals surface area contributed by atoms with E-state index in [2.05, 4.69) is 17.1 Å². The van der Waals surface area contributed by atoms with Gasteiger partial charge < -0.3 is 0 Å². The number of hydrogen-bond acceptors (Lipinski definition) is 2. The largest absolute Gasteiger partial charge is 0.294 e. The van der Waals surface area contributed by atoms with E-state index in [9.17, 15) is 4.79 Å². The van der Waals surface area contributed by atoms with Gasteiger partial charge in [0.1, 0.15) is 5.15 Å². The van der Waals surface area contributed by atoms with Crippen LogP contribution in [0.3, 0.4) is 0 Å². The van der Waals surface area contributed by atoms with Crippen molar-refractivity contribution >= 4 is 17.4 Å². The fourth-order valence-corrected chi connectivity index (χ4v) is 2.40. The average molecular weight is 258 g/mol. The van der Waals surface area contributed by atoms with Gasteiger partial charge in [-0.15, -0.1) is 0 Å². The number of aromatic nitrogens is 1. The first-order valence-corrected chi connectivity index (χ1v) is 6.34. The minimum absolute atomic E-state index is 0.107. The van der Waals surface area contributed by atoms with Crippen LogP contribution in [0.5, 0.6) is 0 Å². The molecule has 1 aliphatic carbocycles. The fraction of sp³-hybridized carbons (Fsp3) is 0.200. The first-order valence-electron chi connectivity index (χ1n) is 5.96. The summed E-state index contributed by atoms with van der Waals surface area (Å²) in [6.45, 7) is 0. The van der Waals surface area contributed by atoms with Crippen LogP contribution >= 0.6 is 11.6 Å². The van der Waals surface area contributed by atoms with E-state index in [0.717, 1.165) is 6.42 Å². The number of Topliss-reactive ketones (excluding diaryl/α,β-unsaturated/α-hetero) is 1. The maximum Gasteiger partial charge on any atom is 0.168 e. The van der Waals surface area contributed by atoms with Crippen LogP contribution < -0.4 is 0 Å². The second kappa shape index (κ2) is 4.54. The molecule has 0 amide bonds. The Morgan fingerprint density at radius 2 is 1.94 bits per heavy atom. The minimum Gasteiger partial charge on any atom is -0.294 e. The number of hydrogen-bond donors (Lipinski definition) is 0. The average Bonchev–Trinajstić information content (AvgIpc) is 3.20. The summed E-state index contributed by atoms with van der Waals surface area (Å²) in [6.07, 6.45) is 2.50. The van der Waals surface area contributed by atoms with Crippen LogP contribution in [0.25, 0.3) is 0 Å². The van der Waals surface area contributed by atoms with E-state index in [-0.39, 0.29) is 11.7 Å². The van der Waals surface area contributed by atoms with E-state index in [0.29, 0.717) is 16.6 Å². The monoisotopic (exact) mass is 257 g/mol. The molecule has 2 aromatic rings. The Bertz CT molecular complexity index is 565. The lowest BCUT2D eigenvalue weighted by Crippen LogP contribution is -2.03. The van der Waals surface area contributed by atoms with Crippen LogP contribution in [0.4, 0.5) is 0 Å². The third-order valence-corrected chi connectivity index (χ3v) is 3.59. The highest BCUT2D eigenvalue weighted by atomic mass is 35.5. The number of carbonyl (C=O) groups is 1. The van der Waals surface area contributed by atoms with Gasteiger partial charge in [0.15, 0.2) is 5.78 Å². The molecule has 0 aliphatic heterocycles. The Morgan fingerprint density at radius 1 is 1.17 bits per heavy atom. The Labute approximate surface area is 111 Å². The number of pyridine rings is 1. The van der Waals surface area contributed by atoms with Crippen LogP contribution in [0.2, 0.25) is 5.15 Å². The van der Waals surface area contributed by atoms with Crippen LogP contribution in [0.15, 0.2) is 48.7 Å². The minimum atomic E-state index is 0.107. The van der Waals surface area contributed by atoms with Crippen molar-refractivity contribution in [1.29, 1.82) is 0 Å². The summed E-state index contributed by atoms with van der Waals surface area (Å²) in [5.74, 6) is 0.651. The summed E-state index contributed by atoms with van der Waals surface area (Å²) >= 11 is 5.71. The molecule has 1 heterocycles. The Hall–Kier alpha value is -1.67. The molecule has 0 bridgehead atoms. The standard InChI is InChI=1S/C15H12ClNO/c16-14-7-6-11(9-17-14)15(18)13-8-12(13)10-4-2-1-3-5-10/h1-7,9,12-13H,8H2. The Kier molecular flexibility index (Phi) is 2.88. The third-order valence-electron chi connectivity index (χ3n) is 3.37.